The van der Waals surface area contributed by atoms with Crippen LogP contribution in [0.25, 0.3) is 0 Å². The number of likely N-dealkylation sites (tertiary alicyclic amines) is 1. The van der Waals surface area contributed by atoms with Gasteiger partial charge in [0.25, 0.3) is 5.91 Å². The highest BCUT2D eigenvalue weighted by atomic mass is 16.3. The summed E-state index contributed by atoms with van der Waals surface area (Å²) in [5.74, 6) is 1.37. The summed E-state index contributed by atoms with van der Waals surface area (Å²) in [6.45, 7) is 7.95. The Morgan fingerprint density at radius 3 is 2.33 bits per heavy atom. The first kappa shape index (κ1) is 12.5. The molecule has 1 N–H and O–H groups in total. The van der Waals surface area contributed by atoms with E-state index in [1.165, 1.54) is 0 Å². The van der Waals surface area contributed by atoms with Crippen molar-refractivity contribution in [1.29, 1.82) is 0 Å². The highest BCUT2D eigenvalue weighted by molar-refractivity contribution is 5.80. The lowest BCUT2D eigenvalue weighted by atomic mass is 9.86. The third kappa shape index (κ3) is 3.20. The van der Waals surface area contributed by atoms with E-state index in [9.17, 15) is 9.90 Å². The molecule has 1 rings (SSSR count). The fourth-order valence-corrected chi connectivity index (χ4v) is 2.17. The quantitative estimate of drug-likeness (QED) is 0.774. The summed E-state index contributed by atoms with van der Waals surface area (Å²) >= 11 is 0. The number of carbonyl (C=O) groups is 1. The highest BCUT2D eigenvalue weighted by Crippen LogP contribution is 2.24. The number of carbonyl (C=O) groups excluding carboxylic acids is 1. The van der Waals surface area contributed by atoms with Gasteiger partial charge >= 0.3 is 0 Å². The van der Waals surface area contributed by atoms with Crippen LogP contribution in [0.4, 0.5) is 0 Å². The molecule has 1 saturated heterocycles. The number of hydrogen-bond acceptors (Lipinski definition) is 2. The molecule has 0 unspecified atom stereocenters. The molecule has 0 aromatic heterocycles. The molecule has 0 radical (unpaired) electrons. The molecule has 1 atom stereocenters. The molecule has 1 heterocycles. The van der Waals surface area contributed by atoms with Crippen molar-refractivity contribution >= 4 is 5.91 Å². The maximum absolute atomic E-state index is 11.7. The number of hydrogen-bond donors (Lipinski definition) is 1. The Morgan fingerprint density at radius 2 is 1.93 bits per heavy atom. The van der Waals surface area contributed by atoms with Gasteiger partial charge in [-0.3, -0.25) is 4.79 Å². The lowest BCUT2D eigenvalue weighted by molar-refractivity contribution is -0.141. The predicted octanol–water partition coefficient (Wildman–Crippen LogP) is 1.65. The predicted molar refractivity (Wildman–Crippen MR) is 60.4 cm³/mol. The van der Waals surface area contributed by atoms with E-state index in [0.29, 0.717) is 12.3 Å². The number of amides is 1. The Bertz CT molecular complexity index is 208. The molecule has 0 aromatic rings. The zero-order valence-corrected chi connectivity index (χ0v) is 10.1. The molecule has 0 spiro atoms. The molecule has 15 heavy (non-hydrogen) atoms. The van der Waals surface area contributed by atoms with E-state index in [1.54, 1.807) is 0 Å². The van der Waals surface area contributed by atoms with E-state index in [1.807, 2.05) is 11.8 Å². The summed E-state index contributed by atoms with van der Waals surface area (Å²) in [5, 5.41) is 9.46. The van der Waals surface area contributed by atoms with Gasteiger partial charge in [-0.25, -0.2) is 0 Å². The normalized spacial score (nSPS) is 20.7. The molecule has 1 aliphatic heterocycles. The van der Waals surface area contributed by atoms with Crippen molar-refractivity contribution in [2.24, 2.45) is 11.8 Å². The summed E-state index contributed by atoms with van der Waals surface area (Å²) in [6.07, 6.45) is 1.89. The third-order valence-electron chi connectivity index (χ3n) is 3.47. The summed E-state index contributed by atoms with van der Waals surface area (Å²) in [7, 11) is 0. The van der Waals surface area contributed by atoms with E-state index in [4.69, 9.17) is 0 Å². The SMILES string of the molecule is CC[C@@H](O)C(=O)N1CCC(C(C)C)CC1. The zero-order chi connectivity index (χ0) is 11.4. The molecule has 3 nitrogen and oxygen atoms in total. The van der Waals surface area contributed by atoms with E-state index in [2.05, 4.69) is 13.8 Å². The van der Waals surface area contributed by atoms with Crippen molar-refractivity contribution < 1.29 is 9.90 Å². The van der Waals surface area contributed by atoms with Crippen molar-refractivity contribution in [3.05, 3.63) is 0 Å². The monoisotopic (exact) mass is 213 g/mol. The summed E-state index contributed by atoms with van der Waals surface area (Å²) < 4.78 is 0. The minimum absolute atomic E-state index is 0.0836. The van der Waals surface area contributed by atoms with Crippen molar-refractivity contribution in [1.82, 2.24) is 4.90 Å². The second-order valence-electron chi connectivity index (χ2n) is 4.83. The molecule has 1 amide bonds. The first-order valence-electron chi connectivity index (χ1n) is 6.03. The van der Waals surface area contributed by atoms with Gasteiger partial charge in [-0.2, -0.15) is 0 Å². The van der Waals surface area contributed by atoms with Crippen molar-refractivity contribution in [3.8, 4) is 0 Å². The van der Waals surface area contributed by atoms with Gasteiger partial charge in [0.2, 0.25) is 0 Å². The van der Waals surface area contributed by atoms with Crippen molar-refractivity contribution in [2.45, 2.75) is 46.1 Å². The number of aliphatic hydroxyl groups excluding tert-OH is 1. The number of piperidine rings is 1. The van der Waals surface area contributed by atoms with Gasteiger partial charge in [-0.05, 0) is 31.1 Å². The van der Waals surface area contributed by atoms with Crippen LogP contribution >= 0.6 is 0 Å². The van der Waals surface area contributed by atoms with Crippen LogP contribution in [-0.2, 0) is 4.79 Å². The van der Waals surface area contributed by atoms with Gasteiger partial charge in [0.1, 0.15) is 6.10 Å². The molecule has 0 aliphatic carbocycles. The van der Waals surface area contributed by atoms with E-state index in [0.717, 1.165) is 31.8 Å². The molecule has 3 heteroatoms. The van der Waals surface area contributed by atoms with Crippen LogP contribution < -0.4 is 0 Å². The standard InChI is InChI=1S/C12H23NO2/c1-4-11(14)12(15)13-7-5-10(6-8-13)9(2)3/h9-11,14H,4-8H2,1-3H3/t11-/m1/s1. The van der Waals surface area contributed by atoms with Gasteiger partial charge in [-0.1, -0.05) is 20.8 Å². The molecule has 1 aliphatic rings. The van der Waals surface area contributed by atoms with Crippen LogP contribution in [0.15, 0.2) is 0 Å². The lowest BCUT2D eigenvalue weighted by Gasteiger charge is -2.34. The number of aliphatic hydroxyl groups is 1. The molecular formula is C12H23NO2. The van der Waals surface area contributed by atoms with Crippen LogP contribution in [0.5, 0.6) is 0 Å². The first-order chi connectivity index (χ1) is 7.06. The highest BCUT2D eigenvalue weighted by Gasteiger charge is 2.27. The smallest absolute Gasteiger partial charge is 0.251 e. The second kappa shape index (κ2) is 5.50. The van der Waals surface area contributed by atoms with Crippen molar-refractivity contribution in [2.75, 3.05) is 13.1 Å². The molecule has 0 aromatic carbocycles. The summed E-state index contributed by atoms with van der Waals surface area (Å²) in [6, 6.07) is 0. The van der Waals surface area contributed by atoms with E-state index < -0.39 is 6.10 Å². The average molecular weight is 213 g/mol. The Hall–Kier alpha value is -0.570. The average Bonchev–Trinajstić information content (AvgIpc) is 2.27. The Morgan fingerprint density at radius 1 is 1.40 bits per heavy atom. The number of nitrogens with zero attached hydrogens (tertiary/aromatic N) is 1. The Kier molecular flexibility index (Phi) is 4.58. The first-order valence-corrected chi connectivity index (χ1v) is 6.03. The third-order valence-corrected chi connectivity index (χ3v) is 3.47. The molecule has 0 saturated carbocycles. The van der Waals surface area contributed by atoms with Crippen LogP contribution in [0, 0.1) is 11.8 Å². The van der Waals surface area contributed by atoms with Gasteiger partial charge < -0.3 is 10.0 Å². The summed E-state index contributed by atoms with van der Waals surface area (Å²) in [4.78, 5) is 13.5. The Labute approximate surface area is 92.5 Å². The van der Waals surface area contributed by atoms with Gasteiger partial charge in [-0.15, -0.1) is 0 Å². The van der Waals surface area contributed by atoms with E-state index >= 15 is 0 Å². The van der Waals surface area contributed by atoms with Crippen LogP contribution in [0.3, 0.4) is 0 Å². The molecule has 88 valence electrons. The molecule has 1 fully saturated rings. The minimum atomic E-state index is -0.791. The largest absolute Gasteiger partial charge is 0.383 e. The zero-order valence-electron chi connectivity index (χ0n) is 10.1. The van der Waals surface area contributed by atoms with Crippen LogP contribution in [-0.4, -0.2) is 35.1 Å². The summed E-state index contributed by atoms with van der Waals surface area (Å²) in [5.41, 5.74) is 0. The van der Waals surface area contributed by atoms with Crippen molar-refractivity contribution in [3.63, 3.8) is 0 Å². The fraction of sp³-hybridized carbons (Fsp3) is 0.917. The van der Waals surface area contributed by atoms with Crippen LogP contribution in [0.1, 0.15) is 40.0 Å². The van der Waals surface area contributed by atoms with E-state index in [-0.39, 0.29) is 5.91 Å². The second-order valence-corrected chi connectivity index (χ2v) is 4.83. The van der Waals surface area contributed by atoms with Gasteiger partial charge in [0.05, 0.1) is 0 Å². The number of rotatable bonds is 3. The fourth-order valence-electron chi connectivity index (χ4n) is 2.17. The topological polar surface area (TPSA) is 40.5 Å². The Balaban J connectivity index is 2.40. The maximum atomic E-state index is 11.7. The minimum Gasteiger partial charge on any atom is -0.383 e. The molecular weight excluding hydrogens is 190 g/mol. The maximum Gasteiger partial charge on any atom is 0.251 e. The molecule has 0 bridgehead atoms. The van der Waals surface area contributed by atoms with Gasteiger partial charge in [0, 0.05) is 13.1 Å². The van der Waals surface area contributed by atoms with Gasteiger partial charge in [0.15, 0.2) is 0 Å². The van der Waals surface area contributed by atoms with Crippen LogP contribution in [0.2, 0.25) is 0 Å². The lowest BCUT2D eigenvalue weighted by Crippen LogP contribution is -2.44.